The Balaban J connectivity index is 2.40. The molecule has 0 saturated carbocycles. The van der Waals surface area contributed by atoms with Crippen molar-refractivity contribution in [2.45, 2.75) is 6.54 Å². The molecular formula is C8H9N3O2. The third-order valence-corrected chi connectivity index (χ3v) is 1.34. The maximum atomic E-state index is 10.8. The van der Waals surface area contributed by atoms with E-state index >= 15 is 0 Å². The van der Waals surface area contributed by atoms with Gasteiger partial charge in [-0.3, -0.25) is 9.78 Å². The first kappa shape index (κ1) is 9.18. The van der Waals surface area contributed by atoms with Gasteiger partial charge in [-0.05, 0) is 12.1 Å². The van der Waals surface area contributed by atoms with Crippen LogP contribution in [-0.4, -0.2) is 22.3 Å². The highest BCUT2D eigenvalue weighted by Gasteiger charge is 1.96. The first-order valence-electron chi connectivity index (χ1n) is 3.68. The number of nitrogens with one attached hydrogen (secondary N) is 1. The van der Waals surface area contributed by atoms with E-state index in [0.29, 0.717) is 6.54 Å². The number of carbonyl (C=O) groups is 1. The van der Waals surface area contributed by atoms with Crippen molar-refractivity contribution >= 4 is 12.1 Å². The van der Waals surface area contributed by atoms with Gasteiger partial charge in [0, 0.05) is 6.20 Å². The minimum atomic E-state index is -0.451. The van der Waals surface area contributed by atoms with Gasteiger partial charge in [0.2, 0.25) is 0 Å². The molecule has 0 unspecified atom stereocenters. The summed E-state index contributed by atoms with van der Waals surface area (Å²) in [5, 5.41) is 13.1. The lowest BCUT2D eigenvalue weighted by Gasteiger charge is -1.99. The summed E-state index contributed by atoms with van der Waals surface area (Å²) in [6, 6.07) is 5.41. The van der Waals surface area contributed by atoms with Gasteiger partial charge in [0.1, 0.15) is 6.21 Å². The smallest absolute Gasteiger partial charge is 0.266 e. The fraction of sp³-hybridized carbons (Fsp3) is 0.125. The number of hydrogen-bond donors (Lipinski definition) is 2. The molecule has 0 fully saturated rings. The molecule has 0 spiro atoms. The quantitative estimate of drug-likeness (QED) is 0.394. The minimum absolute atomic E-state index is 0.325. The Morgan fingerprint density at radius 1 is 1.69 bits per heavy atom. The fourth-order valence-electron chi connectivity index (χ4n) is 0.778. The number of hydrogen-bond acceptors (Lipinski definition) is 4. The molecule has 0 radical (unpaired) electrons. The molecule has 0 aliphatic carbocycles. The molecule has 68 valence electrons. The minimum Gasteiger partial charge on any atom is -0.411 e. The van der Waals surface area contributed by atoms with Crippen LogP contribution in [-0.2, 0) is 11.3 Å². The van der Waals surface area contributed by atoms with Crippen LogP contribution >= 0.6 is 0 Å². The molecule has 0 atom stereocenters. The number of carbonyl (C=O) groups excluding carboxylic acids is 1. The number of oxime groups is 1. The molecule has 0 bridgehead atoms. The van der Waals surface area contributed by atoms with Gasteiger partial charge in [0.05, 0.1) is 12.2 Å². The molecule has 13 heavy (non-hydrogen) atoms. The van der Waals surface area contributed by atoms with Crippen molar-refractivity contribution in [1.29, 1.82) is 0 Å². The Kier molecular flexibility index (Phi) is 3.44. The van der Waals surface area contributed by atoms with Gasteiger partial charge in [-0.25, -0.2) is 0 Å². The molecule has 5 heteroatoms. The van der Waals surface area contributed by atoms with E-state index in [2.05, 4.69) is 15.5 Å². The zero-order chi connectivity index (χ0) is 9.52. The molecule has 1 aromatic rings. The molecule has 1 heterocycles. The lowest BCUT2D eigenvalue weighted by molar-refractivity contribution is -0.114. The van der Waals surface area contributed by atoms with Crippen LogP contribution in [0, 0.1) is 0 Å². The molecule has 0 aliphatic rings. The lowest BCUT2D eigenvalue weighted by Crippen LogP contribution is -2.23. The van der Waals surface area contributed by atoms with E-state index < -0.39 is 5.91 Å². The van der Waals surface area contributed by atoms with E-state index in [0.717, 1.165) is 11.9 Å². The third kappa shape index (κ3) is 3.33. The van der Waals surface area contributed by atoms with Crippen molar-refractivity contribution < 1.29 is 10.0 Å². The maximum Gasteiger partial charge on any atom is 0.266 e. The van der Waals surface area contributed by atoms with Gasteiger partial charge >= 0.3 is 0 Å². The zero-order valence-corrected chi connectivity index (χ0v) is 6.84. The van der Waals surface area contributed by atoms with Crippen LogP contribution in [0.1, 0.15) is 5.69 Å². The average molecular weight is 179 g/mol. The van der Waals surface area contributed by atoms with Crippen molar-refractivity contribution in [3.63, 3.8) is 0 Å². The third-order valence-electron chi connectivity index (χ3n) is 1.34. The van der Waals surface area contributed by atoms with Crippen LogP contribution in [0.25, 0.3) is 0 Å². The average Bonchev–Trinajstić information content (AvgIpc) is 2.17. The number of rotatable bonds is 3. The van der Waals surface area contributed by atoms with Gasteiger partial charge in [-0.2, -0.15) is 0 Å². The van der Waals surface area contributed by atoms with Crippen molar-refractivity contribution in [2.75, 3.05) is 0 Å². The van der Waals surface area contributed by atoms with Gasteiger partial charge in [0.15, 0.2) is 0 Å². The Bertz CT molecular complexity index is 298. The van der Waals surface area contributed by atoms with Crippen molar-refractivity contribution in [3.8, 4) is 0 Å². The second-order valence-corrected chi connectivity index (χ2v) is 2.28. The molecule has 5 nitrogen and oxygen atoms in total. The van der Waals surface area contributed by atoms with Crippen LogP contribution in [0.2, 0.25) is 0 Å². The molecule has 0 aliphatic heterocycles. The van der Waals surface area contributed by atoms with Gasteiger partial charge in [0.25, 0.3) is 5.91 Å². The largest absolute Gasteiger partial charge is 0.411 e. The molecule has 0 saturated heterocycles. The van der Waals surface area contributed by atoms with Crippen molar-refractivity contribution in [1.82, 2.24) is 10.3 Å². The van der Waals surface area contributed by atoms with Crippen LogP contribution in [0.4, 0.5) is 0 Å². The fourth-order valence-corrected chi connectivity index (χ4v) is 0.778. The van der Waals surface area contributed by atoms with E-state index in [-0.39, 0.29) is 0 Å². The predicted molar refractivity (Wildman–Crippen MR) is 46.4 cm³/mol. The second-order valence-electron chi connectivity index (χ2n) is 2.28. The van der Waals surface area contributed by atoms with Crippen LogP contribution in [0.15, 0.2) is 29.6 Å². The normalized spacial score (nSPS) is 10.2. The summed E-state index contributed by atoms with van der Waals surface area (Å²) in [5.41, 5.74) is 0.752. The molecule has 1 aromatic heterocycles. The molecule has 0 aromatic carbocycles. The summed E-state index contributed by atoms with van der Waals surface area (Å²) in [7, 11) is 0. The standard InChI is InChI=1S/C8H9N3O2/c12-8(6-11-13)10-5-7-3-1-2-4-9-7/h1-4,6,13H,5H2,(H,10,12)/b11-6-. The van der Waals surface area contributed by atoms with E-state index in [9.17, 15) is 4.79 Å². The zero-order valence-electron chi connectivity index (χ0n) is 6.84. The first-order valence-corrected chi connectivity index (χ1v) is 3.68. The molecular weight excluding hydrogens is 170 g/mol. The summed E-state index contributed by atoms with van der Waals surface area (Å²) in [6.07, 6.45) is 2.44. The summed E-state index contributed by atoms with van der Waals surface area (Å²) in [6.45, 7) is 0.325. The Morgan fingerprint density at radius 2 is 2.54 bits per heavy atom. The monoisotopic (exact) mass is 179 g/mol. The van der Waals surface area contributed by atoms with Gasteiger partial charge < -0.3 is 10.5 Å². The second kappa shape index (κ2) is 4.87. The summed E-state index contributed by atoms with van der Waals surface area (Å²) in [4.78, 5) is 14.8. The number of nitrogens with zero attached hydrogens (tertiary/aromatic N) is 2. The lowest BCUT2D eigenvalue weighted by atomic mass is 10.3. The number of aromatic nitrogens is 1. The molecule has 1 amide bonds. The first-order chi connectivity index (χ1) is 6.33. The highest BCUT2D eigenvalue weighted by atomic mass is 16.4. The van der Waals surface area contributed by atoms with E-state index in [4.69, 9.17) is 5.21 Å². The number of pyridine rings is 1. The summed E-state index contributed by atoms with van der Waals surface area (Å²) >= 11 is 0. The number of amides is 1. The van der Waals surface area contributed by atoms with Crippen LogP contribution in [0.3, 0.4) is 0 Å². The maximum absolute atomic E-state index is 10.8. The van der Waals surface area contributed by atoms with Gasteiger partial charge in [-0.1, -0.05) is 11.2 Å². The SMILES string of the molecule is O=C(/C=N\O)NCc1ccccn1. The Hall–Kier alpha value is -1.91. The highest BCUT2D eigenvalue weighted by molar-refractivity contribution is 6.25. The predicted octanol–water partition coefficient (Wildman–Crippen LogP) is 0.158. The Morgan fingerprint density at radius 3 is 3.15 bits per heavy atom. The van der Waals surface area contributed by atoms with Crippen molar-refractivity contribution in [2.24, 2.45) is 5.16 Å². The van der Waals surface area contributed by atoms with E-state index in [1.807, 2.05) is 6.07 Å². The van der Waals surface area contributed by atoms with E-state index in [1.54, 1.807) is 18.3 Å². The Labute approximate surface area is 75.1 Å². The summed E-state index contributed by atoms with van der Waals surface area (Å²) < 4.78 is 0. The van der Waals surface area contributed by atoms with Crippen LogP contribution < -0.4 is 5.32 Å². The molecule has 2 N–H and O–H groups in total. The van der Waals surface area contributed by atoms with E-state index in [1.165, 1.54) is 0 Å². The topological polar surface area (TPSA) is 74.6 Å². The van der Waals surface area contributed by atoms with Gasteiger partial charge in [-0.15, -0.1) is 0 Å². The van der Waals surface area contributed by atoms with Crippen LogP contribution in [0.5, 0.6) is 0 Å². The van der Waals surface area contributed by atoms with Crippen molar-refractivity contribution in [3.05, 3.63) is 30.1 Å². The highest BCUT2D eigenvalue weighted by Crippen LogP contribution is 1.90. The molecule has 1 rings (SSSR count). The summed E-state index contributed by atoms with van der Waals surface area (Å²) in [5.74, 6) is -0.451.